The Morgan fingerprint density at radius 3 is 2.29 bits per heavy atom. The summed E-state index contributed by atoms with van der Waals surface area (Å²) in [6.07, 6.45) is 0.368. The van der Waals surface area contributed by atoms with Crippen LogP contribution in [0.15, 0.2) is 54.6 Å². The van der Waals surface area contributed by atoms with Gasteiger partial charge in [-0.25, -0.2) is 0 Å². The van der Waals surface area contributed by atoms with Gasteiger partial charge in [0.2, 0.25) is 5.91 Å². The molecular weight excluding hydrogens is 262 g/mol. The monoisotopic (exact) mass is 283 g/mol. The smallest absolute Gasteiger partial charge is 0.224 e. The number of amides is 1. The van der Waals surface area contributed by atoms with Gasteiger partial charge in [-0.3, -0.25) is 4.79 Å². The maximum absolute atomic E-state index is 11.8. The van der Waals surface area contributed by atoms with Crippen LogP contribution in [0.2, 0.25) is 0 Å². The average molecular weight is 283 g/mol. The highest BCUT2D eigenvalue weighted by molar-refractivity contribution is 5.78. The Labute approximate surface area is 125 Å². The molecule has 110 valence electrons. The van der Waals surface area contributed by atoms with Gasteiger partial charge in [-0.15, -0.1) is 0 Å². The lowest BCUT2D eigenvalue weighted by atomic mass is 10.0. The van der Waals surface area contributed by atoms with Crippen LogP contribution in [0.4, 0.5) is 0 Å². The van der Waals surface area contributed by atoms with E-state index < -0.39 is 0 Å². The molecule has 2 aromatic carbocycles. The van der Waals surface area contributed by atoms with Crippen molar-refractivity contribution >= 4 is 5.91 Å². The second-order valence-electron chi connectivity index (χ2n) is 5.33. The van der Waals surface area contributed by atoms with Gasteiger partial charge < -0.3 is 10.4 Å². The van der Waals surface area contributed by atoms with Crippen LogP contribution in [0.5, 0.6) is 0 Å². The zero-order chi connectivity index (χ0) is 15.1. The van der Waals surface area contributed by atoms with Gasteiger partial charge in [-0.1, -0.05) is 61.5 Å². The van der Waals surface area contributed by atoms with E-state index in [4.69, 9.17) is 5.11 Å². The Bertz CT molecular complexity index is 564. The topological polar surface area (TPSA) is 49.3 Å². The normalized spacial score (nSPS) is 11.9. The third kappa shape index (κ3) is 4.72. The lowest BCUT2D eigenvalue weighted by Crippen LogP contribution is -2.30. The van der Waals surface area contributed by atoms with Crippen molar-refractivity contribution in [3.8, 4) is 11.1 Å². The van der Waals surface area contributed by atoms with Crippen molar-refractivity contribution in [1.29, 1.82) is 0 Å². The summed E-state index contributed by atoms with van der Waals surface area (Å²) in [6, 6.07) is 18.2. The quantitative estimate of drug-likeness (QED) is 0.856. The van der Waals surface area contributed by atoms with Gasteiger partial charge in [0.05, 0.1) is 6.42 Å². The molecule has 0 radical (unpaired) electrons. The first-order chi connectivity index (χ1) is 10.2. The minimum absolute atomic E-state index is 0.0113. The minimum atomic E-state index is -0.0113. The van der Waals surface area contributed by atoms with Crippen LogP contribution in [0, 0.1) is 5.92 Å². The molecule has 1 atom stereocenters. The Hall–Kier alpha value is -2.13. The van der Waals surface area contributed by atoms with Gasteiger partial charge in [0.25, 0.3) is 0 Å². The first-order valence-corrected chi connectivity index (χ1v) is 7.21. The number of aliphatic hydroxyl groups is 1. The summed E-state index contributed by atoms with van der Waals surface area (Å²) in [5.41, 5.74) is 3.31. The molecule has 2 rings (SSSR count). The SMILES string of the molecule is CC(CO)CNC(=O)Cc1ccc(-c2ccccc2)cc1. The molecule has 0 saturated carbocycles. The predicted molar refractivity (Wildman–Crippen MR) is 84.8 cm³/mol. The summed E-state index contributed by atoms with van der Waals surface area (Å²) < 4.78 is 0. The fourth-order valence-corrected chi connectivity index (χ4v) is 2.05. The zero-order valence-corrected chi connectivity index (χ0v) is 12.3. The van der Waals surface area contributed by atoms with Crippen LogP contribution in [0.1, 0.15) is 12.5 Å². The first-order valence-electron chi connectivity index (χ1n) is 7.21. The number of carbonyl (C=O) groups is 1. The van der Waals surface area contributed by atoms with E-state index in [0.717, 1.165) is 11.1 Å². The number of hydrogen-bond acceptors (Lipinski definition) is 2. The molecule has 0 spiro atoms. The van der Waals surface area contributed by atoms with E-state index in [-0.39, 0.29) is 18.4 Å². The predicted octanol–water partition coefficient (Wildman–Crippen LogP) is 2.64. The fourth-order valence-electron chi connectivity index (χ4n) is 2.05. The summed E-state index contributed by atoms with van der Waals surface area (Å²) in [6.45, 7) is 2.50. The van der Waals surface area contributed by atoms with E-state index >= 15 is 0 Å². The number of benzene rings is 2. The second-order valence-corrected chi connectivity index (χ2v) is 5.33. The highest BCUT2D eigenvalue weighted by Gasteiger charge is 2.06. The van der Waals surface area contributed by atoms with Crippen molar-refractivity contribution in [3.63, 3.8) is 0 Å². The van der Waals surface area contributed by atoms with Crippen molar-refractivity contribution in [2.45, 2.75) is 13.3 Å². The molecule has 3 nitrogen and oxygen atoms in total. The average Bonchev–Trinajstić information content (AvgIpc) is 2.54. The molecule has 0 aromatic heterocycles. The number of rotatable bonds is 6. The highest BCUT2D eigenvalue weighted by Crippen LogP contribution is 2.19. The Kier molecular flexibility index (Phi) is 5.52. The van der Waals surface area contributed by atoms with E-state index in [1.165, 1.54) is 5.56 Å². The van der Waals surface area contributed by atoms with Gasteiger partial charge in [-0.2, -0.15) is 0 Å². The molecule has 3 heteroatoms. The summed E-state index contributed by atoms with van der Waals surface area (Å²) in [5.74, 6) is 0.0807. The third-order valence-electron chi connectivity index (χ3n) is 3.39. The van der Waals surface area contributed by atoms with Gasteiger partial charge in [0.15, 0.2) is 0 Å². The van der Waals surface area contributed by atoms with Crippen molar-refractivity contribution < 1.29 is 9.90 Å². The van der Waals surface area contributed by atoms with E-state index in [1.807, 2.05) is 49.4 Å². The molecule has 0 aliphatic heterocycles. The van der Waals surface area contributed by atoms with Crippen molar-refractivity contribution in [2.24, 2.45) is 5.92 Å². The van der Waals surface area contributed by atoms with Crippen LogP contribution >= 0.6 is 0 Å². The molecule has 0 aliphatic rings. The van der Waals surface area contributed by atoms with Gasteiger partial charge in [0, 0.05) is 13.2 Å². The molecular formula is C18H21NO2. The van der Waals surface area contributed by atoms with E-state index in [2.05, 4.69) is 17.4 Å². The number of nitrogens with one attached hydrogen (secondary N) is 1. The molecule has 0 heterocycles. The van der Waals surface area contributed by atoms with E-state index in [0.29, 0.717) is 13.0 Å². The van der Waals surface area contributed by atoms with E-state index in [1.54, 1.807) is 0 Å². The van der Waals surface area contributed by atoms with Gasteiger partial charge >= 0.3 is 0 Å². The molecule has 0 saturated heterocycles. The number of aliphatic hydroxyl groups excluding tert-OH is 1. The third-order valence-corrected chi connectivity index (χ3v) is 3.39. The Balaban J connectivity index is 1.92. The Morgan fingerprint density at radius 1 is 1.05 bits per heavy atom. The van der Waals surface area contributed by atoms with Crippen molar-refractivity contribution in [2.75, 3.05) is 13.2 Å². The standard InChI is InChI=1S/C18H21NO2/c1-14(13-20)12-19-18(21)11-15-7-9-17(10-8-15)16-5-3-2-4-6-16/h2-10,14,20H,11-13H2,1H3,(H,19,21). The highest BCUT2D eigenvalue weighted by atomic mass is 16.3. The lowest BCUT2D eigenvalue weighted by molar-refractivity contribution is -0.120. The molecule has 2 N–H and O–H groups in total. The van der Waals surface area contributed by atoms with Gasteiger partial charge in [-0.05, 0) is 22.6 Å². The van der Waals surface area contributed by atoms with Crippen LogP contribution < -0.4 is 5.32 Å². The number of hydrogen-bond donors (Lipinski definition) is 2. The van der Waals surface area contributed by atoms with Crippen LogP contribution in [0.25, 0.3) is 11.1 Å². The fraction of sp³-hybridized carbons (Fsp3) is 0.278. The van der Waals surface area contributed by atoms with Gasteiger partial charge in [0.1, 0.15) is 0 Å². The molecule has 21 heavy (non-hydrogen) atoms. The summed E-state index contributed by atoms with van der Waals surface area (Å²) >= 11 is 0. The molecule has 2 aromatic rings. The molecule has 0 bridgehead atoms. The van der Waals surface area contributed by atoms with Crippen LogP contribution in [0.3, 0.4) is 0 Å². The van der Waals surface area contributed by atoms with Crippen molar-refractivity contribution in [3.05, 3.63) is 60.2 Å². The molecule has 0 fully saturated rings. The van der Waals surface area contributed by atoms with Crippen molar-refractivity contribution in [1.82, 2.24) is 5.32 Å². The maximum Gasteiger partial charge on any atom is 0.224 e. The Morgan fingerprint density at radius 2 is 1.67 bits per heavy atom. The summed E-state index contributed by atoms with van der Waals surface area (Å²) in [5, 5.41) is 11.8. The lowest BCUT2D eigenvalue weighted by Gasteiger charge is -2.10. The summed E-state index contributed by atoms with van der Waals surface area (Å²) in [7, 11) is 0. The number of carbonyl (C=O) groups excluding carboxylic acids is 1. The molecule has 1 amide bonds. The maximum atomic E-state index is 11.8. The molecule has 0 aliphatic carbocycles. The second kappa shape index (κ2) is 7.60. The van der Waals surface area contributed by atoms with Crippen LogP contribution in [-0.2, 0) is 11.2 Å². The zero-order valence-electron chi connectivity index (χ0n) is 12.3. The first kappa shape index (κ1) is 15.3. The minimum Gasteiger partial charge on any atom is -0.396 e. The molecule has 1 unspecified atom stereocenters. The summed E-state index contributed by atoms with van der Waals surface area (Å²) in [4.78, 5) is 11.8. The largest absolute Gasteiger partial charge is 0.396 e. The van der Waals surface area contributed by atoms with E-state index in [9.17, 15) is 4.79 Å². The van der Waals surface area contributed by atoms with Crippen LogP contribution in [-0.4, -0.2) is 24.2 Å².